The highest BCUT2D eigenvalue weighted by atomic mass is 32.2. The van der Waals surface area contributed by atoms with E-state index in [1.165, 1.54) is 6.20 Å². The summed E-state index contributed by atoms with van der Waals surface area (Å²) in [7, 11) is 0. The largest absolute Gasteiger partial charge is 0.475 e. The molecule has 1 heterocycles. The molecule has 1 aromatic rings. The first kappa shape index (κ1) is 9.12. The predicted molar refractivity (Wildman–Crippen MR) is 45.3 cm³/mol. The van der Waals surface area contributed by atoms with Gasteiger partial charge < -0.3 is 9.52 Å². The Kier molecular flexibility index (Phi) is 3.16. The third-order valence-electron chi connectivity index (χ3n) is 1.19. The summed E-state index contributed by atoms with van der Waals surface area (Å²) in [5.74, 6) is 0.894. The first-order valence-corrected chi connectivity index (χ1v) is 4.65. The van der Waals surface area contributed by atoms with Crippen molar-refractivity contribution in [3.63, 3.8) is 0 Å². The number of rotatable bonds is 4. The average Bonchev–Trinajstić information content (AvgIpc) is 2.48. The lowest BCUT2D eigenvalue weighted by atomic mass is 10.5. The summed E-state index contributed by atoms with van der Waals surface area (Å²) in [5, 5.41) is 8.48. The van der Waals surface area contributed by atoms with Crippen LogP contribution in [0.15, 0.2) is 10.6 Å². The second-order valence-electron chi connectivity index (χ2n) is 2.06. The lowest BCUT2D eigenvalue weighted by Gasteiger charge is -1.90. The van der Waals surface area contributed by atoms with Crippen LogP contribution < -0.4 is 0 Å². The summed E-state index contributed by atoms with van der Waals surface area (Å²) in [6.45, 7) is 2.02. The third-order valence-corrected chi connectivity index (χ3v) is 2.05. The molecule has 0 saturated carbocycles. The van der Waals surface area contributed by atoms with Crippen molar-refractivity contribution in [1.82, 2.24) is 4.98 Å². The second-order valence-corrected chi connectivity index (χ2v) is 3.33. The van der Waals surface area contributed by atoms with Crippen LogP contribution in [0.5, 0.6) is 0 Å². The van der Waals surface area contributed by atoms with Gasteiger partial charge in [0.05, 0.1) is 11.9 Å². The van der Waals surface area contributed by atoms with E-state index in [9.17, 15) is 4.79 Å². The Labute approximate surface area is 74.0 Å². The van der Waals surface area contributed by atoms with Gasteiger partial charge in [-0.3, -0.25) is 0 Å². The van der Waals surface area contributed by atoms with E-state index in [-0.39, 0.29) is 5.76 Å². The molecule has 0 unspecified atom stereocenters. The summed E-state index contributed by atoms with van der Waals surface area (Å²) in [6.07, 6.45) is 1.23. The fraction of sp³-hybridized carbons (Fsp3) is 0.429. The number of aromatic nitrogens is 1. The summed E-state index contributed by atoms with van der Waals surface area (Å²) in [4.78, 5) is 14.2. The molecule has 1 aromatic heterocycles. The van der Waals surface area contributed by atoms with E-state index in [0.29, 0.717) is 11.6 Å². The number of carboxylic acids is 1. The Hall–Kier alpha value is -0.970. The number of hydrogen-bond acceptors (Lipinski definition) is 4. The highest BCUT2D eigenvalue weighted by Gasteiger charge is 2.09. The Bertz CT molecular complexity index is 271. The smallest absolute Gasteiger partial charge is 0.373 e. The maximum Gasteiger partial charge on any atom is 0.373 e. The van der Waals surface area contributed by atoms with Gasteiger partial charge in [0.25, 0.3) is 0 Å². The molecule has 0 radical (unpaired) electrons. The van der Waals surface area contributed by atoms with E-state index in [0.717, 1.165) is 5.75 Å². The van der Waals surface area contributed by atoms with E-state index in [2.05, 4.69) is 4.98 Å². The number of hydrogen-bond donors (Lipinski definition) is 1. The average molecular weight is 187 g/mol. The Morgan fingerprint density at radius 2 is 2.58 bits per heavy atom. The SMILES string of the molecule is CCSCc1ncc(C(=O)O)o1. The van der Waals surface area contributed by atoms with E-state index >= 15 is 0 Å². The summed E-state index contributed by atoms with van der Waals surface area (Å²) in [5.41, 5.74) is 0. The van der Waals surface area contributed by atoms with E-state index < -0.39 is 5.97 Å². The Morgan fingerprint density at radius 1 is 1.83 bits per heavy atom. The van der Waals surface area contributed by atoms with E-state index in [4.69, 9.17) is 9.52 Å². The van der Waals surface area contributed by atoms with Crippen molar-refractivity contribution in [1.29, 1.82) is 0 Å². The van der Waals surface area contributed by atoms with Crippen LogP contribution in [-0.2, 0) is 5.75 Å². The van der Waals surface area contributed by atoms with Gasteiger partial charge >= 0.3 is 5.97 Å². The molecule has 0 aliphatic rings. The van der Waals surface area contributed by atoms with Crippen LogP contribution in [0, 0.1) is 0 Å². The predicted octanol–water partition coefficient (Wildman–Crippen LogP) is 1.63. The molecule has 0 atom stereocenters. The molecule has 12 heavy (non-hydrogen) atoms. The lowest BCUT2D eigenvalue weighted by molar-refractivity contribution is 0.0661. The molecular formula is C7H9NO3S. The van der Waals surface area contributed by atoms with Crippen LogP contribution in [0.4, 0.5) is 0 Å². The van der Waals surface area contributed by atoms with Crippen LogP contribution in [-0.4, -0.2) is 21.8 Å². The fourth-order valence-corrected chi connectivity index (χ4v) is 1.18. The zero-order valence-electron chi connectivity index (χ0n) is 6.61. The second kappa shape index (κ2) is 4.15. The van der Waals surface area contributed by atoms with Crippen LogP contribution >= 0.6 is 11.8 Å². The topological polar surface area (TPSA) is 63.3 Å². The number of nitrogens with zero attached hydrogens (tertiary/aromatic N) is 1. The minimum Gasteiger partial charge on any atom is -0.475 e. The van der Waals surface area contributed by atoms with Gasteiger partial charge in [0.1, 0.15) is 0 Å². The van der Waals surface area contributed by atoms with Crippen LogP contribution in [0.1, 0.15) is 23.4 Å². The molecule has 0 spiro atoms. The van der Waals surface area contributed by atoms with Crippen molar-refractivity contribution in [3.8, 4) is 0 Å². The van der Waals surface area contributed by atoms with Crippen molar-refractivity contribution < 1.29 is 14.3 Å². The molecule has 66 valence electrons. The van der Waals surface area contributed by atoms with Crippen molar-refractivity contribution in [3.05, 3.63) is 17.8 Å². The van der Waals surface area contributed by atoms with Crippen LogP contribution in [0.25, 0.3) is 0 Å². The van der Waals surface area contributed by atoms with Crippen molar-refractivity contribution >= 4 is 17.7 Å². The molecule has 4 nitrogen and oxygen atoms in total. The van der Waals surface area contributed by atoms with Crippen molar-refractivity contribution in [2.45, 2.75) is 12.7 Å². The molecule has 0 aliphatic heterocycles. The zero-order chi connectivity index (χ0) is 8.97. The maximum atomic E-state index is 10.3. The van der Waals surface area contributed by atoms with Gasteiger partial charge in [0, 0.05) is 0 Å². The Morgan fingerprint density at radius 3 is 3.08 bits per heavy atom. The van der Waals surface area contributed by atoms with Gasteiger partial charge in [-0.05, 0) is 5.75 Å². The molecule has 1 N–H and O–H groups in total. The summed E-state index contributed by atoms with van der Waals surface area (Å²) < 4.78 is 4.92. The molecule has 0 fully saturated rings. The Balaban J connectivity index is 2.58. The minimum atomic E-state index is -1.07. The number of carbonyl (C=O) groups is 1. The van der Waals surface area contributed by atoms with Gasteiger partial charge in [-0.1, -0.05) is 6.92 Å². The van der Waals surface area contributed by atoms with Gasteiger partial charge in [-0.25, -0.2) is 9.78 Å². The highest BCUT2D eigenvalue weighted by molar-refractivity contribution is 7.98. The first-order valence-electron chi connectivity index (χ1n) is 3.49. The van der Waals surface area contributed by atoms with Gasteiger partial charge in [-0.2, -0.15) is 11.8 Å². The molecular weight excluding hydrogens is 178 g/mol. The molecule has 0 aliphatic carbocycles. The minimum absolute atomic E-state index is 0.0956. The lowest BCUT2D eigenvalue weighted by Crippen LogP contribution is -1.91. The fourth-order valence-electron chi connectivity index (χ4n) is 0.665. The summed E-state index contributed by atoms with van der Waals surface area (Å²) in [6, 6.07) is 0. The maximum absolute atomic E-state index is 10.3. The first-order chi connectivity index (χ1) is 5.74. The molecule has 0 saturated heterocycles. The highest BCUT2D eigenvalue weighted by Crippen LogP contribution is 2.11. The standard InChI is InChI=1S/C7H9NO3S/c1-2-12-4-6-8-3-5(11-6)7(9)10/h3H,2,4H2,1H3,(H,9,10). The number of thioether (sulfide) groups is 1. The van der Waals surface area contributed by atoms with Gasteiger partial charge in [-0.15, -0.1) is 0 Å². The molecule has 0 aromatic carbocycles. The molecule has 1 rings (SSSR count). The number of carboxylic acid groups (broad SMARTS) is 1. The van der Waals surface area contributed by atoms with Crippen LogP contribution in [0.3, 0.4) is 0 Å². The van der Waals surface area contributed by atoms with Gasteiger partial charge in [0.15, 0.2) is 0 Å². The zero-order valence-corrected chi connectivity index (χ0v) is 7.43. The van der Waals surface area contributed by atoms with E-state index in [1.54, 1.807) is 11.8 Å². The quantitative estimate of drug-likeness (QED) is 0.776. The van der Waals surface area contributed by atoms with Crippen molar-refractivity contribution in [2.75, 3.05) is 5.75 Å². The number of oxazole rings is 1. The number of aromatic carboxylic acids is 1. The normalized spacial score (nSPS) is 10.1. The summed E-state index contributed by atoms with van der Waals surface area (Å²) >= 11 is 1.64. The van der Waals surface area contributed by atoms with E-state index in [1.807, 2.05) is 6.92 Å². The monoisotopic (exact) mass is 187 g/mol. The van der Waals surface area contributed by atoms with Crippen LogP contribution in [0.2, 0.25) is 0 Å². The van der Waals surface area contributed by atoms with Crippen molar-refractivity contribution in [2.24, 2.45) is 0 Å². The molecule has 5 heteroatoms. The third kappa shape index (κ3) is 2.27. The van der Waals surface area contributed by atoms with Gasteiger partial charge in [0.2, 0.25) is 11.7 Å². The molecule has 0 amide bonds. The molecule has 0 bridgehead atoms.